The Morgan fingerprint density at radius 1 is 1.15 bits per heavy atom. The molecular formula is C20H24N6O. The van der Waals surface area contributed by atoms with Gasteiger partial charge in [0, 0.05) is 11.7 Å². The summed E-state index contributed by atoms with van der Waals surface area (Å²) in [5.74, 6) is 1.22. The van der Waals surface area contributed by atoms with Gasteiger partial charge in [0.05, 0.1) is 11.8 Å². The minimum absolute atomic E-state index is 0.264. The molecule has 7 heteroatoms. The molecule has 0 amide bonds. The monoisotopic (exact) mass is 364 g/mol. The molecule has 1 aromatic carbocycles. The van der Waals surface area contributed by atoms with Crippen molar-refractivity contribution in [1.82, 2.24) is 19.9 Å². The average molecular weight is 364 g/mol. The van der Waals surface area contributed by atoms with Crippen molar-refractivity contribution < 1.29 is 5.11 Å². The summed E-state index contributed by atoms with van der Waals surface area (Å²) in [6, 6.07) is 8.37. The van der Waals surface area contributed by atoms with Crippen LogP contribution in [-0.2, 0) is 0 Å². The average Bonchev–Trinajstić information content (AvgIpc) is 2.64. The lowest BCUT2D eigenvalue weighted by Gasteiger charge is -2.33. The van der Waals surface area contributed by atoms with Crippen LogP contribution in [0.15, 0.2) is 36.8 Å². The van der Waals surface area contributed by atoms with Gasteiger partial charge in [0.2, 0.25) is 5.95 Å². The molecular weight excluding hydrogens is 340 g/mol. The van der Waals surface area contributed by atoms with Gasteiger partial charge >= 0.3 is 0 Å². The summed E-state index contributed by atoms with van der Waals surface area (Å²) in [4.78, 5) is 17.7. The lowest BCUT2D eigenvalue weighted by Crippen LogP contribution is -2.36. The van der Waals surface area contributed by atoms with E-state index in [1.165, 1.54) is 11.9 Å². The maximum absolute atomic E-state index is 10.1. The maximum atomic E-state index is 10.1. The van der Waals surface area contributed by atoms with Gasteiger partial charge in [-0.2, -0.15) is 0 Å². The van der Waals surface area contributed by atoms with Gasteiger partial charge in [-0.05, 0) is 57.2 Å². The predicted octanol–water partition coefficient (Wildman–Crippen LogP) is 3.58. The van der Waals surface area contributed by atoms with Crippen LogP contribution in [0.5, 0.6) is 0 Å². The number of nitrogens with zero attached hydrogens (tertiary/aromatic N) is 4. The van der Waals surface area contributed by atoms with Crippen LogP contribution >= 0.6 is 0 Å². The van der Waals surface area contributed by atoms with Gasteiger partial charge in [-0.15, -0.1) is 0 Å². The molecule has 1 saturated carbocycles. The molecule has 2 heterocycles. The third-order valence-electron chi connectivity index (χ3n) is 5.05. The summed E-state index contributed by atoms with van der Waals surface area (Å²) in [6.45, 7) is 3.95. The van der Waals surface area contributed by atoms with E-state index >= 15 is 0 Å². The van der Waals surface area contributed by atoms with E-state index in [2.05, 4.69) is 49.6 Å². The summed E-state index contributed by atoms with van der Waals surface area (Å²) in [7, 11) is 0. The first-order valence-electron chi connectivity index (χ1n) is 9.29. The number of anilines is 3. The molecule has 0 aliphatic heterocycles. The summed E-state index contributed by atoms with van der Waals surface area (Å²) in [5, 5.41) is 16.8. The van der Waals surface area contributed by atoms with Crippen molar-refractivity contribution in [3.05, 3.63) is 42.4 Å². The predicted molar refractivity (Wildman–Crippen MR) is 106 cm³/mol. The number of hydrogen-bond donors (Lipinski definition) is 3. The normalized spacial score (nSPS) is 22.6. The zero-order chi connectivity index (χ0) is 18.9. The molecule has 1 aliphatic carbocycles. The highest BCUT2D eigenvalue weighted by Crippen LogP contribution is 2.29. The number of fused-ring (bicyclic) bond motifs is 1. The summed E-state index contributed by atoms with van der Waals surface area (Å²) in [6.07, 6.45) is 6.58. The van der Waals surface area contributed by atoms with Gasteiger partial charge < -0.3 is 15.7 Å². The highest BCUT2D eigenvalue weighted by Gasteiger charge is 2.28. The van der Waals surface area contributed by atoms with Crippen molar-refractivity contribution in [2.45, 2.75) is 51.2 Å². The molecule has 3 N–H and O–H groups in total. The maximum Gasteiger partial charge on any atom is 0.223 e. The van der Waals surface area contributed by atoms with E-state index in [1.807, 2.05) is 19.1 Å². The van der Waals surface area contributed by atoms with Crippen LogP contribution in [0.3, 0.4) is 0 Å². The number of rotatable bonds is 4. The molecule has 0 unspecified atom stereocenters. The van der Waals surface area contributed by atoms with Crippen LogP contribution in [0.25, 0.3) is 11.0 Å². The van der Waals surface area contributed by atoms with Crippen LogP contribution in [0.2, 0.25) is 0 Å². The van der Waals surface area contributed by atoms with Crippen LogP contribution < -0.4 is 10.6 Å². The van der Waals surface area contributed by atoms with Gasteiger partial charge in [0.25, 0.3) is 0 Å². The van der Waals surface area contributed by atoms with E-state index in [-0.39, 0.29) is 6.04 Å². The fraction of sp³-hybridized carbons (Fsp3) is 0.400. The second kappa shape index (κ2) is 7.08. The van der Waals surface area contributed by atoms with Crippen LogP contribution in [0, 0.1) is 6.92 Å². The third-order valence-corrected chi connectivity index (χ3v) is 5.05. The number of aromatic nitrogens is 4. The van der Waals surface area contributed by atoms with E-state index in [0.29, 0.717) is 22.8 Å². The highest BCUT2D eigenvalue weighted by atomic mass is 16.3. The SMILES string of the molecule is Cc1cccc(Nc2ncnc3cnc(NC4CCC(C)(O)CC4)nc23)c1. The lowest BCUT2D eigenvalue weighted by molar-refractivity contribution is 0.0196. The van der Waals surface area contributed by atoms with Gasteiger partial charge in [0.15, 0.2) is 5.82 Å². The van der Waals surface area contributed by atoms with Gasteiger partial charge in [-0.25, -0.2) is 19.9 Å². The smallest absolute Gasteiger partial charge is 0.223 e. The number of aliphatic hydroxyl groups is 1. The number of benzene rings is 1. The van der Waals surface area contributed by atoms with E-state index < -0.39 is 5.60 Å². The molecule has 4 rings (SSSR count). The number of nitrogens with one attached hydrogen (secondary N) is 2. The van der Waals surface area contributed by atoms with Crippen molar-refractivity contribution in [2.75, 3.05) is 10.6 Å². The molecule has 0 bridgehead atoms. The molecule has 1 fully saturated rings. The zero-order valence-electron chi connectivity index (χ0n) is 15.6. The summed E-state index contributed by atoms with van der Waals surface area (Å²) in [5.41, 5.74) is 2.94. The van der Waals surface area contributed by atoms with E-state index in [9.17, 15) is 5.11 Å². The summed E-state index contributed by atoms with van der Waals surface area (Å²) < 4.78 is 0. The topological polar surface area (TPSA) is 95.9 Å². The zero-order valence-corrected chi connectivity index (χ0v) is 15.6. The van der Waals surface area contributed by atoms with Crippen LogP contribution in [-0.4, -0.2) is 36.7 Å². The Morgan fingerprint density at radius 3 is 2.74 bits per heavy atom. The quantitative estimate of drug-likeness (QED) is 0.651. The molecule has 1 aliphatic rings. The van der Waals surface area contributed by atoms with E-state index in [4.69, 9.17) is 0 Å². The second-order valence-electron chi connectivity index (χ2n) is 7.56. The van der Waals surface area contributed by atoms with Crippen LogP contribution in [0.4, 0.5) is 17.5 Å². The van der Waals surface area contributed by atoms with Crippen molar-refractivity contribution >= 4 is 28.5 Å². The molecule has 0 saturated heterocycles. The fourth-order valence-corrected chi connectivity index (χ4v) is 3.44. The van der Waals surface area contributed by atoms with Gasteiger partial charge in [0.1, 0.15) is 17.4 Å². The largest absolute Gasteiger partial charge is 0.390 e. The molecule has 3 aromatic rings. The van der Waals surface area contributed by atoms with Crippen molar-refractivity contribution in [3.63, 3.8) is 0 Å². The highest BCUT2D eigenvalue weighted by molar-refractivity contribution is 5.87. The number of hydrogen-bond acceptors (Lipinski definition) is 7. The van der Waals surface area contributed by atoms with Crippen molar-refractivity contribution in [2.24, 2.45) is 0 Å². The molecule has 7 nitrogen and oxygen atoms in total. The van der Waals surface area contributed by atoms with E-state index in [1.54, 1.807) is 6.20 Å². The summed E-state index contributed by atoms with van der Waals surface area (Å²) >= 11 is 0. The minimum atomic E-state index is -0.554. The van der Waals surface area contributed by atoms with Crippen molar-refractivity contribution in [1.29, 1.82) is 0 Å². The standard InChI is InChI=1S/C20H24N6O/c1-13-4-3-5-15(10-13)24-18-17-16(22-12-23-18)11-21-19(26-17)25-14-6-8-20(2,27)9-7-14/h3-5,10-12,14,27H,6-9H2,1-2H3,(H,21,25,26)(H,22,23,24). The Labute approximate surface area is 158 Å². The Balaban J connectivity index is 1.57. The number of aryl methyl sites for hydroxylation is 1. The van der Waals surface area contributed by atoms with Gasteiger partial charge in [-0.1, -0.05) is 12.1 Å². The Kier molecular flexibility index (Phi) is 4.61. The van der Waals surface area contributed by atoms with Crippen LogP contribution in [0.1, 0.15) is 38.2 Å². The molecule has 0 spiro atoms. The fourth-order valence-electron chi connectivity index (χ4n) is 3.44. The molecule has 0 radical (unpaired) electrons. The Bertz CT molecular complexity index is 948. The molecule has 140 valence electrons. The Morgan fingerprint density at radius 2 is 1.96 bits per heavy atom. The first-order chi connectivity index (χ1) is 13.0. The van der Waals surface area contributed by atoms with E-state index in [0.717, 1.165) is 31.4 Å². The molecule has 0 atom stereocenters. The first-order valence-corrected chi connectivity index (χ1v) is 9.29. The third kappa shape index (κ3) is 4.14. The minimum Gasteiger partial charge on any atom is -0.390 e. The lowest BCUT2D eigenvalue weighted by atomic mass is 9.84. The van der Waals surface area contributed by atoms with Gasteiger partial charge in [-0.3, -0.25) is 0 Å². The first kappa shape index (κ1) is 17.6. The van der Waals surface area contributed by atoms with Crippen molar-refractivity contribution in [3.8, 4) is 0 Å². The molecule has 2 aromatic heterocycles. The second-order valence-corrected chi connectivity index (χ2v) is 7.56. The Hall–Kier alpha value is -2.80. The molecule has 27 heavy (non-hydrogen) atoms.